The van der Waals surface area contributed by atoms with Crippen molar-refractivity contribution >= 4 is 0 Å². The Balaban J connectivity index is 2.12. The molecule has 2 rings (SSSR count). The second-order valence-electron chi connectivity index (χ2n) is 5.27. The second kappa shape index (κ2) is 5.79. The second-order valence-corrected chi connectivity index (χ2v) is 5.27. The van der Waals surface area contributed by atoms with Gasteiger partial charge in [0.15, 0.2) is 0 Å². The van der Waals surface area contributed by atoms with Crippen LogP contribution in [0, 0.1) is 23.5 Å². The van der Waals surface area contributed by atoms with Gasteiger partial charge < -0.3 is 5.32 Å². The smallest absolute Gasteiger partial charge is 0.129 e. The average molecular weight is 253 g/mol. The lowest BCUT2D eigenvalue weighted by molar-refractivity contribution is 0.338. The summed E-state index contributed by atoms with van der Waals surface area (Å²) in [5, 5.41) is 3.37. The van der Waals surface area contributed by atoms with Gasteiger partial charge in [0, 0.05) is 11.6 Å². The zero-order chi connectivity index (χ0) is 13.1. The predicted octanol–water partition coefficient (Wildman–Crippen LogP) is 3.53. The van der Waals surface area contributed by atoms with Crippen molar-refractivity contribution in [2.75, 3.05) is 6.54 Å². The Morgan fingerprint density at radius 3 is 2.39 bits per heavy atom. The molecule has 1 N–H and O–H groups in total. The highest BCUT2D eigenvalue weighted by atomic mass is 19.1. The van der Waals surface area contributed by atoms with Crippen LogP contribution in [0.2, 0.25) is 0 Å². The largest absolute Gasteiger partial charge is 0.314 e. The van der Waals surface area contributed by atoms with Crippen LogP contribution < -0.4 is 5.32 Å². The summed E-state index contributed by atoms with van der Waals surface area (Å²) in [4.78, 5) is 0. The molecular weight excluding hydrogens is 232 g/mol. The minimum Gasteiger partial charge on any atom is -0.314 e. The summed E-state index contributed by atoms with van der Waals surface area (Å²) in [6, 6.07) is 4.25. The predicted molar refractivity (Wildman–Crippen MR) is 69.4 cm³/mol. The molecule has 1 aliphatic rings. The number of rotatable bonds is 6. The molecule has 0 radical (unpaired) electrons. The van der Waals surface area contributed by atoms with Gasteiger partial charge in [0.25, 0.3) is 0 Å². The van der Waals surface area contributed by atoms with Crippen LogP contribution in [0.25, 0.3) is 0 Å². The molecule has 100 valence electrons. The molecule has 1 aliphatic carbocycles. The Morgan fingerprint density at radius 2 is 1.89 bits per heavy atom. The van der Waals surface area contributed by atoms with Crippen LogP contribution in [-0.4, -0.2) is 12.6 Å². The van der Waals surface area contributed by atoms with Crippen molar-refractivity contribution in [2.24, 2.45) is 11.8 Å². The van der Waals surface area contributed by atoms with Crippen LogP contribution in [0.4, 0.5) is 8.78 Å². The number of hydrogen-bond donors (Lipinski definition) is 1. The van der Waals surface area contributed by atoms with E-state index in [1.54, 1.807) is 0 Å². The van der Waals surface area contributed by atoms with E-state index in [1.807, 2.05) is 6.92 Å². The number of likely N-dealkylation sites (N-methyl/N-ethyl adjacent to an activating group) is 1. The molecule has 2 unspecified atom stereocenters. The first-order valence-corrected chi connectivity index (χ1v) is 6.79. The number of hydrogen-bond acceptors (Lipinski definition) is 1. The van der Waals surface area contributed by atoms with Crippen molar-refractivity contribution in [2.45, 2.75) is 39.2 Å². The van der Waals surface area contributed by atoms with Gasteiger partial charge in [-0.3, -0.25) is 0 Å². The first-order chi connectivity index (χ1) is 8.63. The van der Waals surface area contributed by atoms with Gasteiger partial charge in [0.1, 0.15) is 11.6 Å². The van der Waals surface area contributed by atoms with Gasteiger partial charge in [0.2, 0.25) is 0 Å². The van der Waals surface area contributed by atoms with Crippen LogP contribution in [-0.2, 0) is 6.42 Å². The van der Waals surface area contributed by atoms with Gasteiger partial charge in [-0.25, -0.2) is 8.78 Å². The molecule has 1 nitrogen and oxygen atoms in total. The molecule has 0 saturated heterocycles. The lowest BCUT2D eigenvalue weighted by Crippen LogP contribution is -2.38. The van der Waals surface area contributed by atoms with E-state index >= 15 is 0 Å². The van der Waals surface area contributed by atoms with Crippen molar-refractivity contribution in [1.82, 2.24) is 5.32 Å². The van der Waals surface area contributed by atoms with Crippen molar-refractivity contribution in [1.29, 1.82) is 0 Å². The fourth-order valence-electron chi connectivity index (χ4n) is 2.60. The van der Waals surface area contributed by atoms with Crippen LogP contribution in [0.1, 0.15) is 32.3 Å². The molecular formula is C15H21F2N. The zero-order valence-corrected chi connectivity index (χ0v) is 11.0. The van der Waals surface area contributed by atoms with E-state index < -0.39 is 11.6 Å². The maximum Gasteiger partial charge on any atom is 0.129 e. The molecule has 1 saturated carbocycles. The first kappa shape index (κ1) is 13.5. The van der Waals surface area contributed by atoms with Gasteiger partial charge in [-0.05, 0) is 49.8 Å². The molecule has 0 aliphatic heterocycles. The minimum absolute atomic E-state index is 0.161. The van der Waals surface area contributed by atoms with Crippen molar-refractivity contribution in [3.05, 3.63) is 35.4 Å². The highest BCUT2D eigenvalue weighted by Crippen LogP contribution is 2.39. The van der Waals surface area contributed by atoms with Crippen molar-refractivity contribution < 1.29 is 8.78 Å². The number of nitrogens with one attached hydrogen (secondary N) is 1. The average Bonchev–Trinajstić information content (AvgIpc) is 3.16. The Hall–Kier alpha value is -0.960. The first-order valence-electron chi connectivity index (χ1n) is 6.79. The van der Waals surface area contributed by atoms with E-state index in [-0.39, 0.29) is 11.6 Å². The van der Waals surface area contributed by atoms with Crippen LogP contribution >= 0.6 is 0 Å². The summed E-state index contributed by atoms with van der Waals surface area (Å²) in [5.41, 5.74) is 0.218. The molecule has 1 aromatic carbocycles. The topological polar surface area (TPSA) is 12.0 Å². The zero-order valence-electron chi connectivity index (χ0n) is 11.0. The maximum absolute atomic E-state index is 13.7. The maximum atomic E-state index is 13.7. The number of benzene rings is 1. The van der Waals surface area contributed by atoms with Crippen LogP contribution in [0.15, 0.2) is 18.2 Å². The van der Waals surface area contributed by atoms with Gasteiger partial charge in [0.05, 0.1) is 0 Å². The molecule has 0 spiro atoms. The van der Waals surface area contributed by atoms with Gasteiger partial charge >= 0.3 is 0 Å². The summed E-state index contributed by atoms with van der Waals surface area (Å²) < 4.78 is 27.3. The molecule has 1 aromatic rings. The van der Waals surface area contributed by atoms with Crippen molar-refractivity contribution in [3.63, 3.8) is 0 Å². The Kier molecular flexibility index (Phi) is 4.33. The molecule has 18 heavy (non-hydrogen) atoms. The Labute approximate surface area is 108 Å². The number of halogens is 2. The Bertz CT molecular complexity index is 381. The fraction of sp³-hybridized carbons (Fsp3) is 0.600. The molecule has 0 aromatic heterocycles. The SMILES string of the molecule is CCNC(Cc1c(F)cccc1F)C(C)C1CC1. The van der Waals surface area contributed by atoms with Crippen molar-refractivity contribution in [3.8, 4) is 0 Å². The van der Waals surface area contributed by atoms with E-state index in [0.717, 1.165) is 12.5 Å². The third kappa shape index (κ3) is 3.08. The monoisotopic (exact) mass is 253 g/mol. The van der Waals surface area contributed by atoms with E-state index in [0.29, 0.717) is 12.3 Å². The van der Waals surface area contributed by atoms with Gasteiger partial charge in [-0.1, -0.05) is 19.9 Å². The fourth-order valence-corrected chi connectivity index (χ4v) is 2.60. The molecule has 0 heterocycles. The summed E-state index contributed by atoms with van der Waals surface area (Å²) in [6.07, 6.45) is 2.94. The van der Waals surface area contributed by atoms with E-state index in [9.17, 15) is 8.78 Å². The van der Waals surface area contributed by atoms with Gasteiger partial charge in [-0.2, -0.15) is 0 Å². The van der Waals surface area contributed by atoms with Crippen LogP contribution in [0.5, 0.6) is 0 Å². The minimum atomic E-state index is -0.430. The van der Waals surface area contributed by atoms with E-state index in [2.05, 4.69) is 12.2 Å². The highest BCUT2D eigenvalue weighted by molar-refractivity contribution is 5.21. The Morgan fingerprint density at radius 1 is 1.28 bits per heavy atom. The summed E-state index contributed by atoms with van der Waals surface area (Å²) >= 11 is 0. The summed E-state index contributed by atoms with van der Waals surface area (Å²) in [5.74, 6) is 0.342. The van der Waals surface area contributed by atoms with E-state index in [4.69, 9.17) is 0 Å². The van der Waals surface area contributed by atoms with Gasteiger partial charge in [-0.15, -0.1) is 0 Å². The third-order valence-corrected chi connectivity index (χ3v) is 3.95. The lowest BCUT2D eigenvalue weighted by atomic mass is 9.91. The molecule has 0 bridgehead atoms. The van der Waals surface area contributed by atoms with E-state index in [1.165, 1.54) is 31.0 Å². The molecule has 2 atom stereocenters. The highest BCUT2D eigenvalue weighted by Gasteiger charge is 2.33. The lowest BCUT2D eigenvalue weighted by Gasteiger charge is -2.25. The standard InChI is InChI=1S/C15H21F2N/c1-3-18-15(10(2)11-7-8-11)9-12-13(16)5-4-6-14(12)17/h4-6,10-11,15,18H,3,7-9H2,1-2H3. The molecule has 1 fully saturated rings. The molecule has 3 heteroatoms. The summed E-state index contributed by atoms with van der Waals surface area (Å²) in [6.45, 7) is 5.05. The van der Waals surface area contributed by atoms with Crippen LogP contribution in [0.3, 0.4) is 0 Å². The quantitative estimate of drug-likeness (QED) is 0.817. The normalized spacial score (nSPS) is 18.7. The molecule has 0 amide bonds. The third-order valence-electron chi connectivity index (χ3n) is 3.95. The summed E-state index contributed by atoms with van der Waals surface area (Å²) in [7, 11) is 0.